The van der Waals surface area contributed by atoms with Crippen LogP contribution in [0.5, 0.6) is 0 Å². The number of rotatable bonds is 3. The first-order valence-electron chi connectivity index (χ1n) is 5.75. The second-order valence-electron chi connectivity index (χ2n) is 4.23. The topological polar surface area (TPSA) is 38.1 Å². The highest BCUT2D eigenvalue weighted by Crippen LogP contribution is 2.27. The molecule has 2 aromatic heterocycles. The Bertz CT molecular complexity index is 502. The minimum atomic E-state index is 0.609. The monoisotopic (exact) mass is 312 g/mol. The molecule has 1 N–H and O–H groups in total. The zero-order chi connectivity index (χ0) is 11.7. The molecular weight excluding hydrogens is 300 g/mol. The van der Waals surface area contributed by atoms with Crippen molar-refractivity contribution in [2.24, 2.45) is 0 Å². The van der Waals surface area contributed by atoms with E-state index in [9.17, 15) is 0 Å². The molecule has 3 heterocycles. The Kier molecular flexibility index (Phi) is 3.31. The number of hydrogen-bond acceptors (Lipinski definition) is 4. The summed E-state index contributed by atoms with van der Waals surface area (Å²) < 4.78 is 6.25. The van der Waals surface area contributed by atoms with Crippen LogP contribution in [-0.2, 0) is 6.42 Å². The van der Waals surface area contributed by atoms with Gasteiger partial charge in [-0.3, -0.25) is 0 Å². The standard InChI is InChI=1S/C12H13BrN2OS/c13-11-4-3-10(16-11)9-7-17-12(15-9)6-8-2-1-5-14-8/h3-4,7-8,14H,1-2,5-6H2. The summed E-state index contributed by atoms with van der Waals surface area (Å²) in [5.74, 6) is 0.832. The van der Waals surface area contributed by atoms with Crippen LogP contribution in [0.25, 0.3) is 11.5 Å². The molecular formula is C12H13BrN2OS. The zero-order valence-electron chi connectivity index (χ0n) is 9.28. The molecule has 1 atom stereocenters. The third-order valence-electron chi connectivity index (χ3n) is 2.96. The molecule has 2 aromatic rings. The minimum absolute atomic E-state index is 0.609. The van der Waals surface area contributed by atoms with E-state index in [2.05, 4.69) is 31.6 Å². The lowest BCUT2D eigenvalue weighted by Crippen LogP contribution is -2.23. The van der Waals surface area contributed by atoms with Crippen LogP contribution in [0.15, 0.2) is 26.6 Å². The highest BCUT2D eigenvalue weighted by Gasteiger charge is 2.17. The third kappa shape index (κ3) is 2.61. The van der Waals surface area contributed by atoms with Gasteiger partial charge < -0.3 is 9.73 Å². The fourth-order valence-corrected chi connectivity index (χ4v) is 3.28. The molecule has 3 nitrogen and oxygen atoms in total. The Morgan fingerprint density at radius 1 is 1.53 bits per heavy atom. The molecule has 0 saturated carbocycles. The second kappa shape index (κ2) is 4.92. The van der Waals surface area contributed by atoms with Gasteiger partial charge in [-0.05, 0) is 47.4 Å². The number of nitrogens with zero attached hydrogens (tertiary/aromatic N) is 1. The second-order valence-corrected chi connectivity index (χ2v) is 5.95. The summed E-state index contributed by atoms with van der Waals surface area (Å²) in [6.07, 6.45) is 3.59. The van der Waals surface area contributed by atoms with Crippen LogP contribution in [0.4, 0.5) is 0 Å². The van der Waals surface area contributed by atoms with Crippen molar-refractivity contribution in [3.63, 3.8) is 0 Å². The van der Waals surface area contributed by atoms with Crippen molar-refractivity contribution in [2.75, 3.05) is 6.54 Å². The average molecular weight is 313 g/mol. The van der Waals surface area contributed by atoms with E-state index in [0.717, 1.165) is 29.1 Å². The lowest BCUT2D eigenvalue weighted by atomic mass is 10.2. The Balaban J connectivity index is 1.73. The zero-order valence-corrected chi connectivity index (χ0v) is 11.7. The predicted octanol–water partition coefficient (Wildman–Crippen LogP) is 3.46. The van der Waals surface area contributed by atoms with Gasteiger partial charge in [0.15, 0.2) is 10.4 Å². The van der Waals surface area contributed by atoms with Gasteiger partial charge in [0.1, 0.15) is 5.69 Å². The molecule has 0 amide bonds. The van der Waals surface area contributed by atoms with E-state index < -0.39 is 0 Å². The van der Waals surface area contributed by atoms with Crippen LogP contribution in [0.3, 0.4) is 0 Å². The summed E-state index contributed by atoms with van der Waals surface area (Å²) in [6.45, 7) is 1.15. The van der Waals surface area contributed by atoms with Crippen molar-refractivity contribution in [3.05, 3.63) is 27.2 Å². The van der Waals surface area contributed by atoms with Crippen LogP contribution < -0.4 is 5.32 Å². The van der Waals surface area contributed by atoms with E-state index in [1.54, 1.807) is 11.3 Å². The first-order valence-corrected chi connectivity index (χ1v) is 7.42. The van der Waals surface area contributed by atoms with Crippen LogP contribution >= 0.6 is 27.3 Å². The van der Waals surface area contributed by atoms with Gasteiger partial charge in [0.25, 0.3) is 0 Å². The van der Waals surface area contributed by atoms with Crippen LogP contribution in [0, 0.1) is 0 Å². The molecule has 0 aromatic carbocycles. The van der Waals surface area contributed by atoms with E-state index in [4.69, 9.17) is 4.42 Å². The Morgan fingerprint density at radius 2 is 2.47 bits per heavy atom. The minimum Gasteiger partial charge on any atom is -0.448 e. The summed E-state index contributed by atoms with van der Waals surface area (Å²) in [4.78, 5) is 4.62. The summed E-state index contributed by atoms with van der Waals surface area (Å²) in [5, 5.41) is 6.75. The number of aromatic nitrogens is 1. The molecule has 1 unspecified atom stereocenters. The lowest BCUT2D eigenvalue weighted by molar-refractivity contribution is 0.553. The molecule has 0 bridgehead atoms. The van der Waals surface area contributed by atoms with Gasteiger partial charge in [-0.2, -0.15) is 0 Å². The number of thiazole rings is 1. The van der Waals surface area contributed by atoms with Gasteiger partial charge in [0, 0.05) is 17.8 Å². The summed E-state index contributed by atoms with van der Waals surface area (Å²) in [7, 11) is 0. The summed E-state index contributed by atoms with van der Waals surface area (Å²) in [6, 6.07) is 4.45. The molecule has 1 saturated heterocycles. The molecule has 1 fully saturated rings. The average Bonchev–Trinajstić information content (AvgIpc) is 2.99. The first kappa shape index (κ1) is 11.4. The van der Waals surface area contributed by atoms with Gasteiger partial charge in [-0.1, -0.05) is 0 Å². The lowest BCUT2D eigenvalue weighted by Gasteiger charge is -2.06. The number of hydrogen-bond donors (Lipinski definition) is 1. The molecule has 0 spiro atoms. The number of furan rings is 1. The smallest absolute Gasteiger partial charge is 0.169 e. The van der Waals surface area contributed by atoms with Gasteiger partial charge in [-0.25, -0.2) is 4.98 Å². The van der Waals surface area contributed by atoms with Crippen molar-refractivity contribution in [1.82, 2.24) is 10.3 Å². The van der Waals surface area contributed by atoms with E-state index in [-0.39, 0.29) is 0 Å². The summed E-state index contributed by atoms with van der Waals surface area (Å²) >= 11 is 5.02. The normalized spacial score (nSPS) is 19.9. The molecule has 1 aliphatic heterocycles. The van der Waals surface area contributed by atoms with E-state index >= 15 is 0 Å². The fraction of sp³-hybridized carbons (Fsp3) is 0.417. The van der Waals surface area contributed by atoms with Crippen molar-refractivity contribution in [2.45, 2.75) is 25.3 Å². The highest BCUT2D eigenvalue weighted by atomic mass is 79.9. The number of halogens is 1. The number of nitrogens with one attached hydrogen (secondary N) is 1. The van der Waals surface area contributed by atoms with Gasteiger partial charge >= 0.3 is 0 Å². The molecule has 0 aliphatic carbocycles. The van der Waals surface area contributed by atoms with Gasteiger partial charge in [-0.15, -0.1) is 11.3 Å². The maximum atomic E-state index is 5.50. The molecule has 0 radical (unpaired) electrons. The maximum absolute atomic E-state index is 5.50. The van der Waals surface area contributed by atoms with Gasteiger partial charge in [0.05, 0.1) is 5.01 Å². The molecule has 3 rings (SSSR count). The van der Waals surface area contributed by atoms with Crippen LogP contribution in [-0.4, -0.2) is 17.6 Å². The Morgan fingerprint density at radius 3 is 3.18 bits per heavy atom. The van der Waals surface area contributed by atoms with Crippen molar-refractivity contribution >= 4 is 27.3 Å². The molecule has 5 heteroatoms. The molecule has 1 aliphatic rings. The third-order valence-corrected chi connectivity index (χ3v) is 4.26. The fourth-order valence-electron chi connectivity index (χ4n) is 2.11. The van der Waals surface area contributed by atoms with E-state index in [1.807, 2.05) is 12.1 Å². The van der Waals surface area contributed by atoms with E-state index in [1.165, 1.54) is 17.8 Å². The predicted molar refractivity (Wildman–Crippen MR) is 72.2 cm³/mol. The van der Waals surface area contributed by atoms with Crippen molar-refractivity contribution < 1.29 is 4.42 Å². The van der Waals surface area contributed by atoms with Crippen LogP contribution in [0.1, 0.15) is 17.8 Å². The van der Waals surface area contributed by atoms with E-state index in [0.29, 0.717) is 6.04 Å². The highest BCUT2D eigenvalue weighted by molar-refractivity contribution is 9.10. The van der Waals surface area contributed by atoms with Crippen molar-refractivity contribution in [3.8, 4) is 11.5 Å². The maximum Gasteiger partial charge on any atom is 0.169 e. The molecule has 17 heavy (non-hydrogen) atoms. The Hall–Kier alpha value is -0.650. The summed E-state index contributed by atoms with van der Waals surface area (Å²) in [5.41, 5.74) is 0.939. The van der Waals surface area contributed by atoms with Gasteiger partial charge in [0.2, 0.25) is 0 Å². The largest absolute Gasteiger partial charge is 0.448 e. The first-order chi connectivity index (χ1) is 8.31. The SMILES string of the molecule is Brc1ccc(-c2csc(CC3CCCN3)n2)o1. The Labute approximate surface area is 112 Å². The quantitative estimate of drug-likeness (QED) is 0.943. The van der Waals surface area contributed by atoms with Crippen LogP contribution in [0.2, 0.25) is 0 Å². The van der Waals surface area contributed by atoms with Crippen molar-refractivity contribution in [1.29, 1.82) is 0 Å². The molecule has 90 valence electrons.